The molecule has 2 nitrogen and oxygen atoms in total. The lowest BCUT2D eigenvalue weighted by atomic mass is 10.1. The summed E-state index contributed by atoms with van der Waals surface area (Å²) in [5.41, 5.74) is 2.46. The number of fused-ring (bicyclic) bond motifs is 1. The summed E-state index contributed by atoms with van der Waals surface area (Å²) in [6.45, 7) is 1.66. The molecule has 0 amide bonds. The van der Waals surface area contributed by atoms with E-state index < -0.39 is 0 Å². The fraction of sp³-hybridized carbons (Fsp3) is 0.100. The molecule has 0 aliphatic carbocycles. The van der Waals surface area contributed by atoms with Gasteiger partial charge in [0.05, 0.1) is 12.2 Å². The molecule has 0 radical (unpaired) electrons. The highest BCUT2D eigenvalue weighted by Crippen LogP contribution is 2.35. The Hall–Kier alpha value is -2.52. The van der Waals surface area contributed by atoms with Gasteiger partial charge in [0.15, 0.2) is 0 Å². The van der Waals surface area contributed by atoms with Gasteiger partial charge in [0.2, 0.25) is 0 Å². The highest BCUT2D eigenvalue weighted by Gasteiger charge is 2.21. The van der Waals surface area contributed by atoms with Crippen molar-refractivity contribution < 1.29 is 4.74 Å². The summed E-state index contributed by atoms with van der Waals surface area (Å²) in [5, 5.41) is 2.09. The molecule has 1 aliphatic rings. The molecule has 23 heavy (non-hydrogen) atoms. The van der Waals surface area contributed by atoms with Gasteiger partial charge in [0.1, 0.15) is 11.5 Å². The summed E-state index contributed by atoms with van der Waals surface area (Å²) in [5.74, 6) is 1.92. The fourth-order valence-electron chi connectivity index (χ4n) is 2.80. The van der Waals surface area contributed by atoms with E-state index in [1.165, 1.54) is 10.4 Å². The van der Waals surface area contributed by atoms with Crippen molar-refractivity contribution in [3.63, 3.8) is 0 Å². The van der Waals surface area contributed by atoms with Crippen molar-refractivity contribution in [1.82, 2.24) is 0 Å². The number of para-hydroxylation sites is 2. The van der Waals surface area contributed by atoms with Crippen molar-refractivity contribution in [2.75, 3.05) is 11.4 Å². The minimum absolute atomic E-state index is 0.782. The van der Waals surface area contributed by atoms with E-state index in [9.17, 15) is 0 Å². The largest absolute Gasteiger partial charge is 0.458 e. The number of ether oxygens (including phenoxy) is 1. The summed E-state index contributed by atoms with van der Waals surface area (Å²) < 4.78 is 6.10. The van der Waals surface area contributed by atoms with Crippen LogP contribution in [0.5, 0.6) is 5.75 Å². The molecule has 0 bridgehead atoms. The molecule has 3 aromatic rings. The van der Waals surface area contributed by atoms with Gasteiger partial charge in [-0.2, -0.15) is 0 Å². The number of thiophene rings is 1. The lowest BCUT2D eigenvalue weighted by molar-refractivity contribution is 0.399. The molecule has 4 rings (SSSR count). The molecule has 1 aliphatic heterocycles. The minimum Gasteiger partial charge on any atom is -0.458 e. The predicted molar refractivity (Wildman–Crippen MR) is 96.9 cm³/mol. The van der Waals surface area contributed by atoms with E-state index in [0.717, 1.165) is 30.3 Å². The molecular weight excluding hydrogens is 302 g/mol. The zero-order valence-electron chi connectivity index (χ0n) is 12.7. The van der Waals surface area contributed by atoms with Crippen LogP contribution < -0.4 is 9.64 Å². The summed E-state index contributed by atoms with van der Waals surface area (Å²) >= 11 is 1.73. The molecular formula is C20H17NOS. The Morgan fingerprint density at radius 3 is 2.61 bits per heavy atom. The number of hydrogen-bond donors (Lipinski definition) is 0. The lowest BCUT2D eigenvalue weighted by Crippen LogP contribution is -2.30. The molecule has 3 heteroatoms. The second-order valence-corrected chi connectivity index (χ2v) is 6.52. The van der Waals surface area contributed by atoms with E-state index in [0.29, 0.717) is 0 Å². The molecule has 114 valence electrons. The predicted octanol–water partition coefficient (Wildman–Crippen LogP) is 5.19. The quantitative estimate of drug-likeness (QED) is 0.659. The molecule has 0 fully saturated rings. The zero-order chi connectivity index (χ0) is 15.5. The third-order valence-electron chi connectivity index (χ3n) is 3.86. The SMILES string of the molecule is C(=C1\CN(Cc2ccccc2)c2ccccc2O1)/c1cccs1. The second-order valence-electron chi connectivity index (χ2n) is 5.54. The molecule has 2 aromatic carbocycles. The van der Waals surface area contributed by atoms with E-state index >= 15 is 0 Å². The maximum absolute atomic E-state index is 6.10. The average molecular weight is 319 g/mol. The van der Waals surface area contributed by atoms with E-state index in [-0.39, 0.29) is 0 Å². The summed E-state index contributed by atoms with van der Waals surface area (Å²) in [7, 11) is 0. The van der Waals surface area contributed by atoms with Gasteiger partial charge in [0, 0.05) is 11.4 Å². The van der Waals surface area contributed by atoms with Crippen molar-refractivity contribution in [2.24, 2.45) is 0 Å². The van der Waals surface area contributed by atoms with E-state index in [1.807, 2.05) is 12.1 Å². The summed E-state index contributed by atoms with van der Waals surface area (Å²) in [6.07, 6.45) is 2.14. The van der Waals surface area contributed by atoms with Gasteiger partial charge in [-0.05, 0) is 35.2 Å². The number of nitrogens with zero attached hydrogens (tertiary/aromatic N) is 1. The normalized spacial score (nSPS) is 15.3. The molecule has 1 aromatic heterocycles. The van der Waals surface area contributed by atoms with Crippen LogP contribution in [-0.2, 0) is 6.54 Å². The lowest BCUT2D eigenvalue weighted by Gasteiger charge is -2.32. The highest BCUT2D eigenvalue weighted by atomic mass is 32.1. The monoisotopic (exact) mass is 319 g/mol. The Labute approximate surface area is 140 Å². The van der Waals surface area contributed by atoms with E-state index in [4.69, 9.17) is 4.74 Å². The van der Waals surface area contributed by atoms with Gasteiger partial charge >= 0.3 is 0 Å². The highest BCUT2D eigenvalue weighted by molar-refractivity contribution is 7.10. The Morgan fingerprint density at radius 1 is 0.957 bits per heavy atom. The van der Waals surface area contributed by atoms with Crippen molar-refractivity contribution in [1.29, 1.82) is 0 Å². The molecule has 0 saturated heterocycles. The molecule has 0 N–H and O–H groups in total. The third kappa shape index (κ3) is 3.15. The molecule has 2 heterocycles. The second kappa shape index (κ2) is 6.31. The Kier molecular flexibility index (Phi) is 3.86. The van der Waals surface area contributed by atoms with Gasteiger partial charge in [-0.25, -0.2) is 0 Å². The van der Waals surface area contributed by atoms with Crippen LogP contribution in [0.25, 0.3) is 6.08 Å². The van der Waals surface area contributed by atoms with Gasteiger partial charge in [-0.15, -0.1) is 11.3 Å². The van der Waals surface area contributed by atoms with Crippen LogP contribution in [-0.4, -0.2) is 6.54 Å². The van der Waals surface area contributed by atoms with Gasteiger partial charge < -0.3 is 9.64 Å². The van der Waals surface area contributed by atoms with Crippen LogP contribution in [0, 0.1) is 0 Å². The molecule has 0 saturated carbocycles. The van der Waals surface area contributed by atoms with Crippen LogP contribution in [0.4, 0.5) is 5.69 Å². The van der Waals surface area contributed by atoms with Gasteiger partial charge in [0.25, 0.3) is 0 Å². The van der Waals surface area contributed by atoms with Gasteiger partial charge in [-0.1, -0.05) is 48.5 Å². The van der Waals surface area contributed by atoms with Crippen LogP contribution in [0.1, 0.15) is 10.4 Å². The maximum Gasteiger partial charge on any atom is 0.150 e. The van der Waals surface area contributed by atoms with E-state index in [1.54, 1.807) is 11.3 Å². The molecule has 0 atom stereocenters. The Morgan fingerprint density at radius 2 is 1.78 bits per heavy atom. The zero-order valence-corrected chi connectivity index (χ0v) is 13.5. The first-order valence-electron chi connectivity index (χ1n) is 7.68. The average Bonchev–Trinajstić information content (AvgIpc) is 3.09. The third-order valence-corrected chi connectivity index (χ3v) is 4.68. The molecule has 0 spiro atoms. The van der Waals surface area contributed by atoms with Crippen LogP contribution in [0.15, 0.2) is 77.9 Å². The van der Waals surface area contributed by atoms with Crippen LogP contribution in [0.2, 0.25) is 0 Å². The Bertz CT molecular complexity index is 809. The first kappa shape index (κ1) is 14.1. The van der Waals surface area contributed by atoms with Crippen LogP contribution >= 0.6 is 11.3 Å². The minimum atomic E-state index is 0.782. The van der Waals surface area contributed by atoms with E-state index in [2.05, 4.69) is 71.0 Å². The van der Waals surface area contributed by atoms with Crippen molar-refractivity contribution in [3.8, 4) is 5.75 Å². The number of rotatable bonds is 3. The fourth-order valence-corrected chi connectivity index (χ4v) is 3.47. The Balaban J connectivity index is 1.66. The summed E-state index contributed by atoms with van der Waals surface area (Å²) in [4.78, 5) is 3.59. The first-order chi connectivity index (χ1) is 11.4. The van der Waals surface area contributed by atoms with Crippen molar-refractivity contribution in [3.05, 3.63) is 88.3 Å². The number of benzene rings is 2. The molecule has 0 unspecified atom stereocenters. The number of hydrogen-bond acceptors (Lipinski definition) is 3. The van der Waals surface area contributed by atoms with Crippen LogP contribution in [0.3, 0.4) is 0 Å². The topological polar surface area (TPSA) is 12.5 Å². The van der Waals surface area contributed by atoms with Crippen molar-refractivity contribution >= 4 is 23.1 Å². The number of anilines is 1. The standard InChI is InChI=1S/C20H17NOS/c1-2-7-16(8-3-1)14-21-15-17(13-18-9-6-12-23-18)22-20-11-5-4-10-19(20)21/h1-13H,14-15H2/b17-13-. The van der Waals surface area contributed by atoms with Crippen molar-refractivity contribution in [2.45, 2.75) is 6.54 Å². The smallest absolute Gasteiger partial charge is 0.150 e. The maximum atomic E-state index is 6.10. The summed E-state index contributed by atoms with van der Waals surface area (Å²) in [6, 6.07) is 23.0. The first-order valence-corrected chi connectivity index (χ1v) is 8.56. The van der Waals surface area contributed by atoms with Gasteiger partial charge in [-0.3, -0.25) is 0 Å².